The number of benzene rings is 1. The van der Waals surface area contributed by atoms with Gasteiger partial charge in [-0.15, -0.1) is 6.58 Å². The number of β-amino-alcohol motifs (C(OH)–C–C–N with tert-alkyl or cyclic N) is 1. The van der Waals surface area contributed by atoms with Gasteiger partial charge in [-0.1, -0.05) is 24.3 Å². The molecule has 2 aliphatic carbocycles. The first-order chi connectivity index (χ1) is 13.6. The summed E-state index contributed by atoms with van der Waals surface area (Å²) in [5, 5.41) is 11.7. The van der Waals surface area contributed by atoms with Crippen LogP contribution in [0.25, 0.3) is 0 Å². The molecular formula is C24H26N2O2. The van der Waals surface area contributed by atoms with Gasteiger partial charge < -0.3 is 10.0 Å². The lowest BCUT2D eigenvalue weighted by atomic mass is 9.64. The normalized spacial score (nSPS) is 33.5. The standard InChI is InChI=1S/C24H26N2O2/c1-2-18-9-11-21-20-10-8-17-14-25-13-12-19(17)22(20)26(15-24(18,21)28)23(27)16-6-4-3-5-7-16/h2-7,12-14,18,20-22,28H,1,8-11,15H2/t18-,20+,21+,22-,24+/m1/s1. The molecule has 4 nitrogen and oxygen atoms in total. The highest BCUT2D eigenvalue weighted by molar-refractivity contribution is 5.94. The zero-order chi connectivity index (χ0) is 19.3. The summed E-state index contributed by atoms with van der Waals surface area (Å²) in [5.41, 5.74) is 2.24. The second kappa shape index (κ2) is 6.56. The Morgan fingerprint density at radius 2 is 2.04 bits per heavy atom. The Balaban J connectivity index is 1.63. The van der Waals surface area contributed by atoms with Gasteiger partial charge in [-0.25, -0.2) is 0 Å². The second-order valence-electron chi connectivity index (χ2n) is 8.54. The molecule has 1 aromatic carbocycles. The highest BCUT2D eigenvalue weighted by Gasteiger charge is 2.59. The third-order valence-electron chi connectivity index (χ3n) is 7.33. The minimum Gasteiger partial charge on any atom is -0.387 e. The molecule has 1 saturated carbocycles. The van der Waals surface area contributed by atoms with Crippen molar-refractivity contribution >= 4 is 5.91 Å². The topological polar surface area (TPSA) is 53.4 Å². The Morgan fingerprint density at radius 3 is 2.82 bits per heavy atom. The zero-order valence-electron chi connectivity index (χ0n) is 16.0. The number of amides is 1. The monoisotopic (exact) mass is 374 g/mol. The maximum Gasteiger partial charge on any atom is 0.254 e. The molecule has 2 fully saturated rings. The van der Waals surface area contributed by atoms with E-state index in [0.717, 1.165) is 25.7 Å². The van der Waals surface area contributed by atoms with Crippen LogP contribution in [0.4, 0.5) is 0 Å². The highest BCUT2D eigenvalue weighted by Crippen LogP contribution is 2.57. The number of fused-ring (bicyclic) bond motifs is 5. The summed E-state index contributed by atoms with van der Waals surface area (Å²) in [6.07, 6.45) is 9.56. The molecule has 0 radical (unpaired) electrons. The fraction of sp³-hybridized carbons (Fsp3) is 0.417. The Bertz CT molecular complexity index is 912. The van der Waals surface area contributed by atoms with Gasteiger partial charge in [0, 0.05) is 23.9 Å². The van der Waals surface area contributed by atoms with E-state index < -0.39 is 5.60 Å². The highest BCUT2D eigenvalue weighted by atomic mass is 16.3. The number of likely N-dealkylation sites (tertiary alicyclic amines) is 1. The molecule has 2 heterocycles. The van der Waals surface area contributed by atoms with Crippen molar-refractivity contribution in [1.82, 2.24) is 9.88 Å². The minimum absolute atomic E-state index is 0.00171. The van der Waals surface area contributed by atoms with Crippen molar-refractivity contribution in [2.24, 2.45) is 17.8 Å². The van der Waals surface area contributed by atoms with Crippen LogP contribution in [0.15, 0.2) is 61.4 Å². The van der Waals surface area contributed by atoms with Crippen LogP contribution in [0.2, 0.25) is 0 Å². The predicted octanol–water partition coefficient (Wildman–Crippen LogP) is 3.78. The molecule has 0 bridgehead atoms. The Labute approximate surface area is 165 Å². The maximum atomic E-state index is 13.6. The average molecular weight is 374 g/mol. The Hall–Kier alpha value is -2.46. The summed E-state index contributed by atoms with van der Waals surface area (Å²) < 4.78 is 0. The van der Waals surface area contributed by atoms with Gasteiger partial charge in [0.25, 0.3) is 5.91 Å². The van der Waals surface area contributed by atoms with Crippen LogP contribution in [0.5, 0.6) is 0 Å². The van der Waals surface area contributed by atoms with Crippen molar-refractivity contribution in [2.45, 2.75) is 37.3 Å². The number of rotatable bonds is 2. The van der Waals surface area contributed by atoms with Gasteiger partial charge in [0.1, 0.15) is 0 Å². The zero-order valence-corrected chi connectivity index (χ0v) is 16.0. The summed E-state index contributed by atoms with van der Waals surface area (Å²) in [6.45, 7) is 4.34. The molecule has 5 atom stereocenters. The molecule has 28 heavy (non-hydrogen) atoms. The number of piperidine rings is 1. The number of aliphatic hydroxyl groups is 1. The van der Waals surface area contributed by atoms with E-state index in [-0.39, 0.29) is 29.7 Å². The molecule has 144 valence electrons. The number of hydrogen-bond donors (Lipinski definition) is 1. The predicted molar refractivity (Wildman–Crippen MR) is 108 cm³/mol. The summed E-state index contributed by atoms with van der Waals surface area (Å²) in [7, 11) is 0. The van der Waals surface area contributed by atoms with Crippen LogP contribution in [0, 0.1) is 17.8 Å². The Kier molecular flexibility index (Phi) is 4.13. The van der Waals surface area contributed by atoms with E-state index in [1.807, 2.05) is 53.7 Å². The first-order valence-corrected chi connectivity index (χ1v) is 10.3. The summed E-state index contributed by atoms with van der Waals surface area (Å²) >= 11 is 0. The third-order valence-corrected chi connectivity index (χ3v) is 7.33. The van der Waals surface area contributed by atoms with Crippen molar-refractivity contribution < 1.29 is 9.90 Å². The molecular weight excluding hydrogens is 348 g/mol. The molecule has 1 aromatic heterocycles. The molecule has 1 amide bonds. The van der Waals surface area contributed by atoms with Crippen LogP contribution in [0.1, 0.15) is 46.8 Å². The largest absolute Gasteiger partial charge is 0.387 e. The van der Waals surface area contributed by atoms with Gasteiger partial charge >= 0.3 is 0 Å². The van der Waals surface area contributed by atoms with Gasteiger partial charge in [-0.05, 0) is 66.8 Å². The van der Waals surface area contributed by atoms with Crippen LogP contribution in [0.3, 0.4) is 0 Å². The fourth-order valence-corrected chi connectivity index (χ4v) is 6.06. The number of pyridine rings is 1. The third kappa shape index (κ3) is 2.47. The molecule has 0 spiro atoms. The van der Waals surface area contributed by atoms with Crippen LogP contribution < -0.4 is 0 Å². The van der Waals surface area contributed by atoms with Gasteiger partial charge in [-0.2, -0.15) is 0 Å². The lowest BCUT2D eigenvalue weighted by molar-refractivity contribution is -0.118. The van der Waals surface area contributed by atoms with Crippen molar-refractivity contribution in [2.75, 3.05) is 6.54 Å². The van der Waals surface area contributed by atoms with E-state index in [1.165, 1.54) is 11.1 Å². The van der Waals surface area contributed by atoms with Crippen LogP contribution in [-0.4, -0.2) is 33.0 Å². The number of aryl methyl sites for hydroxylation is 1. The van der Waals surface area contributed by atoms with E-state index >= 15 is 0 Å². The maximum absolute atomic E-state index is 13.6. The summed E-state index contributed by atoms with van der Waals surface area (Å²) in [6, 6.07) is 11.5. The number of aromatic nitrogens is 1. The lowest BCUT2D eigenvalue weighted by Gasteiger charge is -2.54. The average Bonchev–Trinajstić information content (AvgIpc) is 3.09. The smallest absolute Gasteiger partial charge is 0.254 e. The number of carbonyl (C=O) groups is 1. The van der Waals surface area contributed by atoms with E-state index in [0.29, 0.717) is 12.1 Å². The van der Waals surface area contributed by atoms with Gasteiger partial charge in [-0.3, -0.25) is 9.78 Å². The van der Waals surface area contributed by atoms with E-state index in [2.05, 4.69) is 17.6 Å². The van der Waals surface area contributed by atoms with E-state index in [1.54, 1.807) is 0 Å². The Morgan fingerprint density at radius 1 is 1.21 bits per heavy atom. The van der Waals surface area contributed by atoms with Crippen molar-refractivity contribution in [1.29, 1.82) is 0 Å². The van der Waals surface area contributed by atoms with Crippen molar-refractivity contribution in [3.8, 4) is 0 Å². The van der Waals surface area contributed by atoms with Gasteiger partial charge in [0.05, 0.1) is 18.2 Å². The van der Waals surface area contributed by atoms with E-state index in [9.17, 15) is 9.90 Å². The minimum atomic E-state index is -0.877. The van der Waals surface area contributed by atoms with E-state index in [4.69, 9.17) is 0 Å². The fourth-order valence-electron chi connectivity index (χ4n) is 6.06. The number of nitrogens with zero attached hydrogens (tertiary/aromatic N) is 2. The molecule has 3 aliphatic rings. The number of hydrogen-bond acceptors (Lipinski definition) is 3. The molecule has 5 rings (SSSR count). The molecule has 1 aliphatic heterocycles. The summed E-state index contributed by atoms with van der Waals surface area (Å²) in [4.78, 5) is 19.8. The summed E-state index contributed by atoms with van der Waals surface area (Å²) in [5.74, 6) is 0.526. The van der Waals surface area contributed by atoms with Gasteiger partial charge in [0.2, 0.25) is 0 Å². The lowest BCUT2D eigenvalue weighted by Crippen LogP contribution is -2.61. The first kappa shape index (κ1) is 17.6. The van der Waals surface area contributed by atoms with Crippen LogP contribution in [-0.2, 0) is 6.42 Å². The molecule has 0 unspecified atom stereocenters. The van der Waals surface area contributed by atoms with Gasteiger partial charge in [0.15, 0.2) is 0 Å². The SMILES string of the molecule is C=C[C@@H]1CC[C@H]2[C@@H]3CCc4cnccc4[C@H]3N(C(=O)c3ccccc3)C[C@]12O. The number of carbonyl (C=O) groups excluding carboxylic acids is 1. The second-order valence-corrected chi connectivity index (χ2v) is 8.54. The van der Waals surface area contributed by atoms with Crippen LogP contribution >= 0.6 is 0 Å². The van der Waals surface area contributed by atoms with Crippen molar-refractivity contribution in [3.05, 3.63) is 78.1 Å². The first-order valence-electron chi connectivity index (χ1n) is 10.3. The molecule has 4 heteroatoms. The molecule has 1 saturated heterocycles. The van der Waals surface area contributed by atoms with Crippen molar-refractivity contribution in [3.63, 3.8) is 0 Å². The molecule has 1 N–H and O–H groups in total. The molecule has 2 aromatic rings. The quantitative estimate of drug-likeness (QED) is 0.814.